The van der Waals surface area contributed by atoms with E-state index in [-0.39, 0.29) is 5.56 Å². The minimum atomic E-state index is -0.633. The molecule has 3 aromatic heterocycles. The number of thiophene rings is 2. The number of hydrogen-bond acceptors (Lipinski definition) is 6. The predicted molar refractivity (Wildman–Crippen MR) is 109 cm³/mol. The van der Waals surface area contributed by atoms with Gasteiger partial charge in [-0.2, -0.15) is 0 Å². The number of ether oxygens (including phenoxy) is 1. The predicted octanol–water partition coefficient (Wildman–Crippen LogP) is 3.17. The fraction of sp³-hybridized carbons (Fsp3) is 0.211. The molecule has 0 bridgehead atoms. The Morgan fingerprint density at radius 2 is 1.93 bits per heavy atom. The Kier molecular flexibility index (Phi) is 5.96. The summed E-state index contributed by atoms with van der Waals surface area (Å²) in [6.45, 7) is 4.00. The van der Waals surface area contributed by atoms with Gasteiger partial charge in [0.25, 0.3) is 11.8 Å². The van der Waals surface area contributed by atoms with Gasteiger partial charge in [0.1, 0.15) is 5.00 Å². The summed E-state index contributed by atoms with van der Waals surface area (Å²) >= 11 is 2.82. The first kappa shape index (κ1) is 19.8. The van der Waals surface area contributed by atoms with E-state index in [2.05, 4.69) is 5.32 Å². The number of carbonyl (C=O) groups excluding carboxylic acids is 3. The molecule has 7 nitrogen and oxygen atoms in total. The molecule has 0 aliphatic heterocycles. The van der Waals surface area contributed by atoms with Crippen LogP contribution >= 0.6 is 22.7 Å². The highest BCUT2D eigenvalue weighted by Crippen LogP contribution is 2.23. The molecule has 0 spiro atoms. The molecule has 3 aromatic rings. The second kappa shape index (κ2) is 8.41. The van der Waals surface area contributed by atoms with Gasteiger partial charge in [-0.1, -0.05) is 6.07 Å². The number of hydrogen-bond donors (Lipinski definition) is 2. The van der Waals surface area contributed by atoms with Crippen molar-refractivity contribution in [2.75, 3.05) is 11.9 Å². The number of rotatable bonds is 7. The molecule has 0 radical (unpaired) electrons. The van der Waals surface area contributed by atoms with E-state index in [1.807, 2.05) is 35.9 Å². The lowest BCUT2D eigenvalue weighted by atomic mass is 10.2. The SMILES string of the molecule is Cc1cc(C(=O)OCC(=O)Nc2sccc2C(N)=O)c(C)n1Cc1cccs1. The van der Waals surface area contributed by atoms with Crippen LogP contribution in [0.2, 0.25) is 0 Å². The quantitative estimate of drug-likeness (QED) is 0.576. The van der Waals surface area contributed by atoms with Crippen LogP contribution in [-0.2, 0) is 16.1 Å². The van der Waals surface area contributed by atoms with E-state index >= 15 is 0 Å². The molecular formula is C19H19N3O4S2. The lowest BCUT2D eigenvalue weighted by Gasteiger charge is -2.09. The van der Waals surface area contributed by atoms with Crippen LogP contribution in [0, 0.1) is 13.8 Å². The maximum absolute atomic E-state index is 12.4. The molecule has 146 valence electrons. The Labute approximate surface area is 169 Å². The van der Waals surface area contributed by atoms with E-state index in [1.54, 1.807) is 22.8 Å². The number of aromatic nitrogens is 1. The molecular weight excluding hydrogens is 398 g/mol. The normalized spacial score (nSPS) is 10.6. The minimum absolute atomic E-state index is 0.224. The van der Waals surface area contributed by atoms with Crippen LogP contribution in [0.4, 0.5) is 5.00 Å². The Hall–Kier alpha value is -2.91. The van der Waals surface area contributed by atoms with Crippen molar-refractivity contribution in [1.29, 1.82) is 0 Å². The van der Waals surface area contributed by atoms with Gasteiger partial charge in [-0.25, -0.2) is 4.79 Å². The second-order valence-electron chi connectivity index (χ2n) is 6.10. The Bertz CT molecular complexity index is 1020. The largest absolute Gasteiger partial charge is 0.452 e. The van der Waals surface area contributed by atoms with E-state index < -0.39 is 24.4 Å². The second-order valence-corrected chi connectivity index (χ2v) is 8.05. The molecule has 2 amide bonds. The number of nitrogens with zero attached hydrogens (tertiary/aromatic N) is 1. The zero-order valence-corrected chi connectivity index (χ0v) is 17.0. The molecule has 0 aromatic carbocycles. The van der Waals surface area contributed by atoms with Gasteiger partial charge >= 0.3 is 5.97 Å². The molecule has 3 heterocycles. The Morgan fingerprint density at radius 1 is 1.14 bits per heavy atom. The standard InChI is InChI=1S/C19H19N3O4S2/c1-11-8-15(12(2)22(11)9-13-4-3-6-27-13)19(25)26-10-16(23)21-18-14(17(20)24)5-7-28-18/h3-8H,9-10H2,1-2H3,(H2,20,24)(H,21,23). The van der Waals surface area contributed by atoms with Gasteiger partial charge in [0, 0.05) is 16.3 Å². The summed E-state index contributed by atoms with van der Waals surface area (Å²) in [5.74, 6) is -1.74. The third-order valence-corrected chi connectivity index (χ3v) is 5.90. The summed E-state index contributed by atoms with van der Waals surface area (Å²) in [5.41, 5.74) is 7.61. The van der Waals surface area contributed by atoms with Gasteiger partial charge in [0.05, 0.1) is 17.7 Å². The molecule has 0 saturated carbocycles. The summed E-state index contributed by atoms with van der Waals surface area (Å²) < 4.78 is 7.19. The van der Waals surface area contributed by atoms with Gasteiger partial charge < -0.3 is 20.4 Å². The first-order valence-electron chi connectivity index (χ1n) is 8.40. The molecule has 3 rings (SSSR count). The number of nitrogens with one attached hydrogen (secondary N) is 1. The molecule has 0 atom stereocenters. The fourth-order valence-electron chi connectivity index (χ4n) is 2.78. The van der Waals surface area contributed by atoms with Crippen LogP contribution in [0.1, 0.15) is 37.0 Å². The van der Waals surface area contributed by atoms with Crippen LogP contribution in [0.5, 0.6) is 0 Å². The number of amides is 2. The van der Waals surface area contributed by atoms with Gasteiger partial charge in [-0.15, -0.1) is 22.7 Å². The number of aryl methyl sites for hydroxylation is 1. The van der Waals surface area contributed by atoms with Crippen LogP contribution in [0.3, 0.4) is 0 Å². The summed E-state index contributed by atoms with van der Waals surface area (Å²) in [5, 5.41) is 6.52. The molecule has 0 aliphatic rings. The lowest BCUT2D eigenvalue weighted by molar-refractivity contribution is -0.119. The van der Waals surface area contributed by atoms with E-state index in [0.717, 1.165) is 11.4 Å². The summed E-state index contributed by atoms with van der Waals surface area (Å²) in [6, 6.07) is 7.31. The number of carbonyl (C=O) groups is 3. The van der Waals surface area contributed by atoms with E-state index in [9.17, 15) is 14.4 Å². The van der Waals surface area contributed by atoms with Crippen molar-refractivity contribution < 1.29 is 19.1 Å². The number of nitrogens with two attached hydrogens (primary N) is 1. The highest BCUT2D eigenvalue weighted by atomic mass is 32.1. The van der Waals surface area contributed by atoms with Gasteiger partial charge in [0.2, 0.25) is 0 Å². The average molecular weight is 418 g/mol. The average Bonchev–Trinajstić information content (AvgIpc) is 3.37. The zero-order chi connectivity index (χ0) is 20.3. The summed E-state index contributed by atoms with van der Waals surface area (Å²) in [6.07, 6.45) is 0. The highest BCUT2D eigenvalue weighted by molar-refractivity contribution is 7.14. The van der Waals surface area contributed by atoms with Crippen molar-refractivity contribution in [3.8, 4) is 0 Å². The van der Waals surface area contributed by atoms with Crippen LogP contribution in [0.15, 0.2) is 35.0 Å². The van der Waals surface area contributed by atoms with E-state index in [1.165, 1.54) is 22.3 Å². The van der Waals surface area contributed by atoms with Crippen molar-refractivity contribution in [2.45, 2.75) is 20.4 Å². The molecule has 0 saturated heterocycles. The Morgan fingerprint density at radius 3 is 2.61 bits per heavy atom. The van der Waals surface area contributed by atoms with Crippen LogP contribution in [-0.4, -0.2) is 29.0 Å². The van der Waals surface area contributed by atoms with Crippen molar-refractivity contribution in [3.63, 3.8) is 0 Å². The molecule has 9 heteroatoms. The topological polar surface area (TPSA) is 103 Å². The van der Waals surface area contributed by atoms with Gasteiger partial charge in [0.15, 0.2) is 6.61 Å². The van der Waals surface area contributed by atoms with Gasteiger partial charge in [-0.3, -0.25) is 9.59 Å². The minimum Gasteiger partial charge on any atom is -0.452 e. The lowest BCUT2D eigenvalue weighted by Crippen LogP contribution is -2.22. The fourth-order valence-corrected chi connectivity index (χ4v) is 4.28. The first-order chi connectivity index (χ1) is 13.4. The smallest absolute Gasteiger partial charge is 0.340 e. The molecule has 0 fully saturated rings. The van der Waals surface area contributed by atoms with Crippen LogP contribution < -0.4 is 11.1 Å². The van der Waals surface area contributed by atoms with Crippen molar-refractivity contribution in [3.05, 3.63) is 62.4 Å². The van der Waals surface area contributed by atoms with Crippen molar-refractivity contribution in [2.24, 2.45) is 5.73 Å². The van der Waals surface area contributed by atoms with Crippen molar-refractivity contribution in [1.82, 2.24) is 4.57 Å². The summed E-state index contributed by atoms with van der Waals surface area (Å²) in [7, 11) is 0. The number of anilines is 1. The third-order valence-electron chi connectivity index (χ3n) is 4.21. The number of primary amides is 1. The van der Waals surface area contributed by atoms with E-state index in [4.69, 9.17) is 10.5 Å². The Balaban J connectivity index is 1.62. The van der Waals surface area contributed by atoms with Gasteiger partial charge in [-0.05, 0) is 42.8 Å². The highest BCUT2D eigenvalue weighted by Gasteiger charge is 2.19. The van der Waals surface area contributed by atoms with E-state index in [0.29, 0.717) is 17.1 Å². The molecule has 28 heavy (non-hydrogen) atoms. The molecule has 3 N–H and O–H groups in total. The zero-order valence-electron chi connectivity index (χ0n) is 15.4. The summed E-state index contributed by atoms with van der Waals surface area (Å²) in [4.78, 5) is 37.0. The number of esters is 1. The van der Waals surface area contributed by atoms with Crippen LogP contribution in [0.25, 0.3) is 0 Å². The monoisotopic (exact) mass is 417 g/mol. The maximum Gasteiger partial charge on any atom is 0.340 e. The van der Waals surface area contributed by atoms with Crippen molar-refractivity contribution >= 4 is 45.5 Å². The third kappa shape index (κ3) is 4.32. The molecule has 0 aliphatic carbocycles. The maximum atomic E-state index is 12.4. The first-order valence-corrected chi connectivity index (χ1v) is 10.2. The molecule has 0 unspecified atom stereocenters.